The highest BCUT2D eigenvalue weighted by molar-refractivity contribution is 5.87. The normalized spacial score (nSPS) is 11.2. The van der Waals surface area contributed by atoms with Crippen LogP contribution >= 0.6 is 0 Å². The van der Waals surface area contributed by atoms with Crippen LogP contribution in [0.2, 0.25) is 0 Å². The fourth-order valence-electron chi connectivity index (χ4n) is 1.32. The van der Waals surface area contributed by atoms with E-state index in [9.17, 15) is 4.79 Å². The van der Waals surface area contributed by atoms with Crippen molar-refractivity contribution in [1.29, 1.82) is 0 Å². The SMILES string of the molecule is CCC(Cc1ccccc1)=NN(C)C(=O)O. The third-order valence-electron chi connectivity index (χ3n) is 2.23. The van der Waals surface area contributed by atoms with Gasteiger partial charge in [0.05, 0.1) is 0 Å². The van der Waals surface area contributed by atoms with Crippen molar-refractivity contribution in [2.75, 3.05) is 7.05 Å². The van der Waals surface area contributed by atoms with E-state index < -0.39 is 6.09 Å². The maximum absolute atomic E-state index is 10.6. The van der Waals surface area contributed by atoms with Gasteiger partial charge in [0, 0.05) is 19.2 Å². The Bertz CT molecular complexity index is 374. The van der Waals surface area contributed by atoms with Crippen molar-refractivity contribution < 1.29 is 9.90 Å². The van der Waals surface area contributed by atoms with Crippen LogP contribution in [0.4, 0.5) is 4.79 Å². The zero-order valence-electron chi connectivity index (χ0n) is 9.55. The summed E-state index contributed by atoms with van der Waals surface area (Å²) < 4.78 is 0. The van der Waals surface area contributed by atoms with Crippen molar-refractivity contribution in [3.8, 4) is 0 Å². The van der Waals surface area contributed by atoms with E-state index in [4.69, 9.17) is 5.11 Å². The molecular weight excluding hydrogens is 204 g/mol. The monoisotopic (exact) mass is 220 g/mol. The second-order valence-electron chi connectivity index (χ2n) is 3.49. The van der Waals surface area contributed by atoms with Gasteiger partial charge in [0.2, 0.25) is 0 Å². The fraction of sp³-hybridized carbons (Fsp3) is 0.333. The van der Waals surface area contributed by atoms with Crippen LogP contribution in [-0.2, 0) is 6.42 Å². The lowest BCUT2D eigenvalue weighted by Gasteiger charge is -2.09. The molecule has 1 amide bonds. The van der Waals surface area contributed by atoms with E-state index in [1.54, 1.807) is 0 Å². The first-order valence-corrected chi connectivity index (χ1v) is 5.20. The van der Waals surface area contributed by atoms with Crippen LogP contribution in [0, 0.1) is 0 Å². The Labute approximate surface area is 95.2 Å². The average Bonchev–Trinajstić information content (AvgIpc) is 2.29. The first kappa shape index (κ1) is 12.2. The molecule has 0 aliphatic heterocycles. The molecule has 0 aliphatic rings. The number of hydrogen-bond donors (Lipinski definition) is 1. The van der Waals surface area contributed by atoms with Gasteiger partial charge in [-0.1, -0.05) is 37.3 Å². The van der Waals surface area contributed by atoms with Gasteiger partial charge in [-0.3, -0.25) is 0 Å². The van der Waals surface area contributed by atoms with E-state index in [2.05, 4.69) is 5.10 Å². The number of nitrogens with zero attached hydrogens (tertiary/aromatic N) is 2. The standard InChI is InChI=1S/C12H16N2O2/c1-3-11(13-14(2)12(15)16)9-10-7-5-4-6-8-10/h4-8H,3,9H2,1-2H3,(H,15,16). The van der Waals surface area contributed by atoms with Crippen LogP contribution in [0.15, 0.2) is 35.4 Å². The lowest BCUT2D eigenvalue weighted by molar-refractivity contribution is 0.157. The Morgan fingerprint density at radius 3 is 2.50 bits per heavy atom. The number of benzene rings is 1. The van der Waals surface area contributed by atoms with Gasteiger partial charge in [0.1, 0.15) is 0 Å². The Morgan fingerprint density at radius 2 is 2.00 bits per heavy atom. The quantitative estimate of drug-likeness (QED) is 0.626. The molecule has 0 heterocycles. The van der Waals surface area contributed by atoms with Gasteiger partial charge in [-0.15, -0.1) is 0 Å². The number of hydrazone groups is 1. The molecule has 4 heteroatoms. The Morgan fingerprint density at radius 1 is 1.38 bits per heavy atom. The Hall–Kier alpha value is -1.84. The van der Waals surface area contributed by atoms with Crippen LogP contribution < -0.4 is 0 Å². The molecule has 1 rings (SSSR count). The van der Waals surface area contributed by atoms with Gasteiger partial charge < -0.3 is 5.11 Å². The van der Waals surface area contributed by atoms with Gasteiger partial charge in [0.25, 0.3) is 0 Å². The molecule has 0 spiro atoms. The molecule has 0 saturated carbocycles. The minimum absolute atomic E-state index is 0.689. The maximum Gasteiger partial charge on any atom is 0.427 e. The van der Waals surface area contributed by atoms with Crippen molar-refractivity contribution in [1.82, 2.24) is 5.01 Å². The van der Waals surface area contributed by atoms with Crippen molar-refractivity contribution in [3.63, 3.8) is 0 Å². The molecule has 0 saturated heterocycles. The summed E-state index contributed by atoms with van der Waals surface area (Å²) in [6.45, 7) is 1.97. The third kappa shape index (κ3) is 3.73. The topological polar surface area (TPSA) is 52.9 Å². The molecule has 1 aromatic carbocycles. The molecule has 0 radical (unpaired) electrons. The zero-order valence-corrected chi connectivity index (χ0v) is 9.55. The first-order valence-electron chi connectivity index (χ1n) is 5.20. The molecule has 1 N–H and O–H groups in total. The van der Waals surface area contributed by atoms with Gasteiger partial charge in [-0.05, 0) is 12.0 Å². The highest BCUT2D eigenvalue weighted by Crippen LogP contribution is 2.04. The summed E-state index contributed by atoms with van der Waals surface area (Å²) in [5.41, 5.74) is 2.00. The summed E-state index contributed by atoms with van der Waals surface area (Å²) in [4.78, 5) is 10.6. The summed E-state index contributed by atoms with van der Waals surface area (Å²) in [7, 11) is 1.43. The third-order valence-corrected chi connectivity index (χ3v) is 2.23. The Balaban J connectivity index is 2.73. The lowest BCUT2D eigenvalue weighted by Crippen LogP contribution is -2.21. The average molecular weight is 220 g/mol. The summed E-state index contributed by atoms with van der Waals surface area (Å²) in [6, 6.07) is 9.89. The molecule has 0 aromatic heterocycles. The highest BCUT2D eigenvalue weighted by atomic mass is 16.4. The van der Waals surface area contributed by atoms with Gasteiger partial charge in [-0.2, -0.15) is 5.10 Å². The van der Waals surface area contributed by atoms with Crippen LogP contribution in [0.1, 0.15) is 18.9 Å². The number of rotatable bonds is 4. The van der Waals surface area contributed by atoms with Crippen molar-refractivity contribution >= 4 is 11.8 Å². The second-order valence-corrected chi connectivity index (χ2v) is 3.49. The van der Waals surface area contributed by atoms with E-state index in [1.807, 2.05) is 37.3 Å². The van der Waals surface area contributed by atoms with E-state index in [0.717, 1.165) is 22.7 Å². The predicted molar refractivity (Wildman–Crippen MR) is 63.7 cm³/mol. The molecule has 1 aromatic rings. The number of hydrogen-bond acceptors (Lipinski definition) is 2. The molecule has 0 atom stereocenters. The molecular formula is C12H16N2O2. The molecule has 0 unspecified atom stereocenters. The Kier molecular flexibility index (Phi) is 4.51. The second kappa shape index (κ2) is 5.90. The summed E-state index contributed by atoms with van der Waals surface area (Å²) >= 11 is 0. The summed E-state index contributed by atoms with van der Waals surface area (Å²) in [5, 5.41) is 13.7. The van der Waals surface area contributed by atoms with Crippen molar-refractivity contribution in [2.45, 2.75) is 19.8 Å². The van der Waals surface area contributed by atoms with Crippen LogP contribution in [0.3, 0.4) is 0 Å². The van der Waals surface area contributed by atoms with Crippen molar-refractivity contribution in [3.05, 3.63) is 35.9 Å². The minimum atomic E-state index is -1.04. The van der Waals surface area contributed by atoms with Crippen LogP contribution in [-0.4, -0.2) is 29.0 Å². The van der Waals surface area contributed by atoms with E-state index in [1.165, 1.54) is 7.05 Å². The van der Waals surface area contributed by atoms with E-state index in [-0.39, 0.29) is 0 Å². The van der Waals surface area contributed by atoms with Crippen LogP contribution in [0.5, 0.6) is 0 Å². The van der Waals surface area contributed by atoms with Crippen molar-refractivity contribution in [2.24, 2.45) is 5.10 Å². The maximum atomic E-state index is 10.6. The zero-order chi connectivity index (χ0) is 12.0. The largest absolute Gasteiger partial charge is 0.464 e. The van der Waals surface area contributed by atoms with E-state index >= 15 is 0 Å². The minimum Gasteiger partial charge on any atom is -0.464 e. The number of amides is 1. The molecule has 0 fully saturated rings. The summed E-state index contributed by atoms with van der Waals surface area (Å²) in [6.07, 6.45) is 0.389. The smallest absolute Gasteiger partial charge is 0.427 e. The van der Waals surface area contributed by atoms with E-state index in [0.29, 0.717) is 6.42 Å². The summed E-state index contributed by atoms with van der Waals surface area (Å²) in [5.74, 6) is 0. The molecule has 0 bridgehead atoms. The van der Waals surface area contributed by atoms with Crippen LogP contribution in [0.25, 0.3) is 0 Å². The molecule has 0 aliphatic carbocycles. The van der Waals surface area contributed by atoms with Gasteiger partial charge in [0.15, 0.2) is 0 Å². The first-order chi connectivity index (χ1) is 7.63. The highest BCUT2D eigenvalue weighted by Gasteiger charge is 2.05. The number of carboxylic acid groups (broad SMARTS) is 1. The lowest BCUT2D eigenvalue weighted by atomic mass is 10.1. The molecule has 86 valence electrons. The number of carbonyl (C=O) groups is 1. The predicted octanol–water partition coefficient (Wildman–Crippen LogP) is 2.60. The fourth-order valence-corrected chi connectivity index (χ4v) is 1.32. The molecule has 16 heavy (non-hydrogen) atoms. The van der Waals surface area contributed by atoms with Gasteiger partial charge in [-0.25, -0.2) is 9.80 Å². The van der Waals surface area contributed by atoms with Gasteiger partial charge >= 0.3 is 6.09 Å². The molecule has 4 nitrogen and oxygen atoms in total.